The van der Waals surface area contributed by atoms with E-state index in [2.05, 4.69) is 0 Å². The molecule has 29 heavy (non-hydrogen) atoms. The van der Waals surface area contributed by atoms with Gasteiger partial charge < -0.3 is 20.1 Å². The van der Waals surface area contributed by atoms with Crippen molar-refractivity contribution in [2.75, 3.05) is 6.61 Å². The number of hydrogen-bond acceptors (Lipinski definition) is 5. The van der Waals surface area contributed by atoms with Gasteiger partial charge in [-0.2, -0.15) is 0 Å². The fourth-order valence-corrected chi connectivity index (χ4v) is 3.49. The number of carboxylic acid groups (broad SMARTS) is 1. The molecular formula is C22H27ClO6. The first-order valence-electron chi connectivity index (χ1n) is 9.69. The predicted octanol–water partition coefficient (Wildman–Crippen LogP) is 3.40. The maximum absolute atomic E-state index is 12.2. The van der Waals surface area contributed by atoms with Gasteiger partial charge in [0.15, 0.2) is 0 Å². The van der Waals surface area contributed by atoms with E-state index in [1.165, 1.54) is 0 Å². The second kappa shape index (κ2) is 11.8. The van der Waals surface area contributed by atoms with Gasteiger partial charge in [-0.25, -0.2) is 0 Å². The predicted molar refractivity (Wildman–Crippen MR) is 110 cm³/mol. The van der Waals surface area contributed by atoms with E-state index in [1.54, 1.807) is 36.4 Å². The molecular weight excluding hydrogens is 396 g/mol. The highest BCUT2D eigenvalue weighted by molar-refractivity contribution is 6.30. The van der Waals surface area contributed by atoms with Crippen LogP contribution < -0.4 is 4.74 Å². The number of carboxylic acids is 1. The standard InChI is InChI=1S/C22H27ClO6/c23-15-6-5-7-17(12-15)29-14-16(24)10-11-19-18(20(25)13-21(19)26)8-3-1-2-4-9-22(27)28/h1,3,5-7,10-12,16,18-19,21,24,26H,2,4,8-9,13-14H2,(H,27,28)/t16?,18-,19-,21-/m1/s1. The maximum atomic E-state index is 12.2. The molecule has 0 radical (unpaired) electrons. The summed E-state index contributed by atoms with van der Waals surface area (Å²) in [6, 6.07) is 6.86. The lowest BCUT2D eigenvalue weighted by Crippen LogP contribution is -2.20. The molecule has 0 amide bonds. The van der Waals surface area contributed by atoms with Crippen LogP contribution in [0.3, 0.4) is 0 Å². The monoisotopic (exact) mass is 422 g/mol. The van der Waals surface area contributed by atoms with Crippen LogP contribution in [0.25, 0.3) is 0 Å². The number of halogens is 1. The highest BCUT2D eigenvalue weighted by atomic mass is 35.5. The number of ether oxygens (including phenoxy) is 1. The number of unbranched alkanes of at least 4 members (excludes halogenated alkanes) is 1. The minimum absolute atomic E-state index is 0.00740. The summed E-state index contributed by atoms with van der Waals surface area (Å²) in [6.07, 6.45) is 7.18. The summed E-state index contributed by atoms with van der Waals surface area (Å²) in [5.41, 5.74) is 0. The summed E-state index contributed by atoms with van der Waals surface area (Å²) >= 11 is 5.89. The molecule has 1 aromatic rings. The number of aliphatic hydroxyl groups is 2. The average molecular weight is 423 g/mol. The maximum Gasteiger partial charge on any atom is 0.303 e. The molecule has 1 aliphatic carbocycles. The van der Waals surface area contributed by atoms with Crippen LogP contribution in [0.2, 0.25) is 5.02 Å². The molecule has 1 aromatic carbocycles. The SMILES string of the molecule is O=C(O)CCCC=CC[C@H]1C(=O)C[C@@H](O)[C@@H]1C=CC(O)COc1cccc(Cl)c1. The number of Topliss-reactive ketones (excluding diaryl/α,β-unsaturated/α-hetero) is 1. The number of hydrogen-bond donors (Lipinski definition) is 3. The van der Waals surface area contributed by atoms with Crippen LogP contribution in [0, 0.1) is 11.8 Å². The molecule has 0 aromatic heterocycles. The zero-order valence-electron chi connectivity index (χ0n) is 16.1. The fourth-order valence-electron chi connectivity index (χ4n) is 3.31. The van der Waals surface area contributed by atoms with Gasteiger partial charge in [-0.3, -0.25) is 9.59 Å². The number of aliphatic carboxylic acids is 1. The summed E-state index contributed by atoms with van der Waals surface area (Å²) < 4.78 is 5.49. The van der Waals surface area contributed by atoms with E-state index in [4.69, 9.17) is 21.4 Å². The van der Waals surface area contributed by atoms with Crippen molar-refractivity contribution in [3.8, 4) is 5.75 Å². The second-order valence-electron chi connectivity index (χ2n) is 7.14. The summed E-state index contributed by atoms with van der Waals surface area (Å²) in [5, 5.41) is 29.5. The van der Waals surface area contributed by atoms with Crippen molar-refractivity contribution in [2.24, 2.45) is 11.8 Å². The van der Waals surface area contributed by atoms with E-state index in [0.29, 0.717) is 30.0 Å². The van der Waals surface area contributed by atoms with Crippen molar-refractivity contribution in [2.45, 2.75) is 44.3 Å². The molecule has 1 fully saturated rings. The third kappa shape index (κ3) is 8.01. The van der Waals surface area contributed by atoms with Crippen LogP contribution in [0.15, 0.2) is 48.6 Å². The molecule has 6 nitrogen and oxygen atoms in total. The van der Waals surface area contributed by atoms with E-state index < -0.39 is 18.2 Å². The highest BCUT2D eigenvalue weighted by Crippen LogP contribution is 2.33. The Morgan fingerprint density at radius 2 is 2.14 bits per heavy atom. The fraction of sp³-hybridized carbons (Fsp3) is 0.455. The van der Waals surface area contributed by atoms with E-state index in [9.17, 15) is 19.8 Å². The number of benzene rings is 1. The van der Waals surface area contributed by atoms with E-state index in [1.807, 2.05) is 12.2 Å². The van der Waals surface area contributed by atoms with Crippen LogP contribution in [-0.2, 0) is 9.59 Å². The number of ketones is 1. The average Bonchev–Trinajstić information content (AvgIpc) is 2.93. The first kappa shape index (κ1) is 23.1. The van der Waals surface area contributed by atoms with E-state index in [0.717, 1.165) is 0 Å². The first-order valence-corrected chi connectivity index (χ1v) is 10.1. The lowest BCUT2D eigenvalue weighted by atomic mass is 9.90. The third-order valence-electron chi connectivity index (χ3n) is 4.82. The van der Waals surface area contributed by atoms with Gasteiger partial charge in [0.1, 0.15) is 24.2 Å². The van der Waals surface area contributed by atoms with Crippen LogP contribution in [-0.4, -0.2) is 45.9 Å². The van der Waals surface area contributed by atoms with Crippen molar-refractivity contribution in [3.63, 3.8) is 0 Å². The van der Waals surface area contributed by atoms with Crippen molar-refractivity contribution in [1.82, 2.24) is 0 Å². The summed E-state index contributed by atoms with van der Waals surface area (Å²) in [7, 11) is 0. The molecule has 1 saturated carbocycles. The Bertz CT molecular complexity index is 745. The zero-order chi connectivity index (χ0) is 21.2. The van der Waals surface area contributed by atoms with E-state index >= 15 is 0 Å². The molecule has 0 spiro atoms. The zero-order valence-corrected chi connectivity index (χ0v) is 16.9. The number of allylic oxidation sites excluding steroid dienone is 2. The minimum atomic E-state index is -0.885. The molecule has 7 heteroatoms. The minimum Gasteiger partial charge on any atom is -0.491 e. The Morgan fingerprint density at radius 3 is 2.86 bits per heavy atom. The van der Waals surface area contributed by atoms with E-state index in [-0.39, 0.29) is 37.1 Å². The molecule has 3 N–H and O–H groups in total. The van der Waals surface area contributed by atoms with Gasteiger partial charge in [-0.05, 0) is 37.5 Å². The lowest BCUT2D eigenvalue weighted by Gasteiger charge is -2.17. The van der Waals surface area contributed by atoms with Crippen LogP contribution in [0.5, 0.6) is 5.75 Å². The summed E-state index contributed by atoms with van der Waals surface area (Å²) in [5.74, 6) is -1.00. The van der Waals surface area contributed by atoms with Gasteiger partial charge in [-0.15, -0.1) is 0 Å². The normalized spacial score (nSPS) is 23.1. The molecule has 1 aliphatic rings. The quantitative estimate of drug-likeness (QED) is 0.373. The molecule has 2 rings (SSSR count). The van der Waals surface area contributed by atoms with Gasteiger partial charge in [0.25, 0.3) is 0 Å². The van der Waals surface area contributed by atoms with Gasteiger partial charge in [0.05, 0.1) is 6.10 Å². The lowest BCUT2D eigenvalue weighted by molar-refractivity contribution is -0.137. The smallest absolute Gasteiger partial charge is 0.303 e. The number of carbonyl (C=O) groups is 2. The van der Waals surface area contributed by atoms with Crippen molar-refractivity contribution < 1.29 is 29.6 Å². The molecule has 0 bridgehead atoms. The Balaban J connectivity index is 1.84. The number of rotatable bonds is 11. The van der Waals surface area contributed by atoms with Crippen molar-refractivity contribution >= 4 is 23.4 Å². The number of carbonyl (C=O) groups excluding carboxylic acids is 1. The van der Waals surface area contributed by atoms with Crippen LogP contribution in [0.4, 0.5) is 0 Å². The molecule has 0 aliphatic heterocycles. The largest absolute Gasteiger partial charge is 0.491 e. The second-order valence-corrected chi connectivity index (χ2v) is 7.57. The first-order chi connectivity index (χ1) is 13.9. The number of aliphatic hydroxyl groups excluding tert-OH is 2. The summed E-state index contributed by atoms with van der Waals surface area (Å²) in [4.78, 5) is 22.7. The topological polar surface area (TPSA) is 104 Å². The van der Waals surface area contributed by atoms with Gasteiger partial charge >= 0.3 is 5.97 Å². The summed E-state index contributed by atoms with van der Waals surface area (Å²) in [6.45, 7) is 0.0295. The van der Waals surface area contributed by atoms with Crippen LogP contribution in [0.1, 0.15) is 32.1 Å². The molecule has 0 heterocycles. The molecule has 0 saturated heterocycles. The van der Waals surface area contributed by atoms with Crippen molar-refractivity contribution in [3.05, 3.63) is 53.6 Å². The molecule has 158 valence electrons. The Kier molecular flexibility index (Phi) is 9.38. The molecule has 4 atom stereocenters. The van der Waals surface area contributed by atoms with Gasteiger partial charge in [0, 0.05) is 29.7 Å². The van der Waals surface area contributed by atoms with Gasteiger partial charge in [0.2, 0.25) is 0 Å². The Labute approximate surface area is 175 Å². The Morgan fingerprint density at radius 1 is 1.34 bits per heavy atom. The third-order valence-corrected chi connectivity index (χ3v) is 5.06. The Hall–Kier alpha value is -2.15. The van der Waals surface area contributed by atoms with Gasteiger partial charge in [-0.1, -0.05) is 42.0 Å². The highest BCUT2D eigenvalue weighted by Gasteiger charge is 2.39. The molecule has 1 unspecified atom stereocenters. The van der Waals surface area contributed by atoms with Crippen LogP contribution >= 0.6 is 11.6 Å². The van der Waals surface area contributed by atoms with Crippen molar-refractivity contribution in [1.29, 1.82) is 0 Å².